The van der Waals surface area contributed by atoms with Crippen molar-refractivity contribution in [3.8, 4) is 0 Å². The molecule has 0 aliphatic carbocycles. The van der Waals surface area contributed by atoms with Crippen LogP contribution in [-0.2, 0) is 6.54 Å². The van der Waals surface area contributed by atoms with Crippen LogP contribution in [0.4, 0.5) is 8.78 Å². The second-order valence-corrected chi connectivity index (χ2v) is 5.16. The lowest BCUT2D eigenvalue weighted by Gasteiger charge is -2.08. The normalized spacial score (nSPS) is 10.4. The zero-order valence-electron chi connectivity index (χ0n) is 10.7. The van der Waals surface area contributed by atoms with Gasteiger partial charge in [-0.3, -0.25) is 4.79 Å². The van der Waals surface area contributed by atoms with E-state index in [4.69, 9.17) is 0 Å². The van der Waals surface area contributed by atoms with Crippen LogP contribution >= 0.6 is 15.9 Å². The number of benzene rings is 2. The number of hydrogen-bond donors (Lipinski definition) is 1. The minimum Gasteiger partial charge on any atom is -0.348 e. The quantitative estimate of drug-likeness (QED) is 0.900. The van der Waals surface area contributed by atoms with Gasteiger partial charge < -0.3 is 5.32 Å². The van der Waals surface area contributed by atoms with E-state index in [-0.39, 0.29) is 12.5 Å². The number of rotatable bonds is 3. The molecular formula is C15H12BrF2NO. The summed E-state index contributed by atoms with van der Waals surface area (Å²) in [7, 11) is 0. The number of nitrogens with one attached hydrogen (secondary N) is 1. The molecule has 0 unspecified atom stereocenters. The first-order valence-electron chi connectivity index (χ1n) is 5.96. The molecule has 0 heterocycles. The van der Waals surface area contributed by atoms with Crippen molar-refractivity contribution in [1.29, 1.82) is 0 Å². The first-order valence-corrected chi connectivity index (χ1v) is 6.75. The van der Waals surface area contributed by atoms with Gasteiger partial charge in [0.1, 0.15) is 0 Å². The van der Waals surface area contributed by atoms with Crippen molar-refractivity contribution >= 4 is 21.8 Å². The molecule has 0 spiro atoms. The highest BCUT2D eigenvalue weighted by Gasteiger charge is 2.11. The Balaban J connectivity index is 2.08. The Morgan fingerprint density at radius 2 is 1.95 bits per heavy atom. The number of carbonyl (C=O) groups is 1. The molecule has 104 valence electrons. The summed E-state index contributed by atoms with van der Waals surface area (Å²) in [5.41, 5.74) is 1.96. The molecule has 0 saturated carbocycles. The summed E-state index contributed by atoms with van der Waals surface area (Å²) in [5.74, 6) is -2.10. The van der Waals surface area contributed by atoms with E-state index in [1.807, 2.05) is 13.0 Å². The molecule has 20 heavy (non-hydrogen) atoms. The van der Waals surface area contributed by atoms with Crippen LogP contribution in [0.3, 0.4) is 0 Å². The van der Waals surface area contributed by atoms with Crippen molar-refractivity contribution < 1.29 is 13.6 Å². The molecule has 0 aliphatic heterocycles. The zero-order valence-corrected chi connectivity index (χ0v) is 12.3. The van der Waals surface area contributed by atoms with Crippen LogP contribution < -0.4 is 5.32 Å². The van der Waals surface area contributed by atoms with Crippen molar-refractivity contribution in [3.63, 3.8) is 0 Å². The molecule has 0 bridgehead atoms. The smallest absolute Gasteiger partial charge is 0.252 e. The number of hydrogen-bond acceptors (Lipinski definition) is 1. The van der Waals surface area contributed by atoms with Gasteiger partial charge in [-0.2, -0.15) is 0 Å². The summed E-state index contributed by atoms with van der Waals surface area (Å²) in [6, 6.07) is 8.91. The van der Waals surface area contributed by atoms with Crippen LogP contribution in [0.1, 0.15) is 21.5 Å². The molecule has 2 aromatic carbocycles. The van der Waals surface area contributed by atoms with E-state index in [1.165, 1.54) is 6.07 Å². The van der Waals surface area contributed by atoms with Crippen LogP contribution in [0, 0.1) is 18.6 Å². The summed E-state index contributed by atoms with van der Waals surface area (Å²) < 4.78 is 26.6. The van der Waals surface area contributed by atoms with Crippen LogP contribution in [0.25, 0.3) is 0 Å². The Kier molecular flexibility index (Phi) is 4.49. The summed E-state index contributed by atoms with van der Waals surface area (Å²) in [4.78, 5) is 12.0. The van der Waals surface area contributed by atoms with Gasteiger partial charge >= 0.3 is 0 Å². The predicted molar refractivity (Wildman–Crippen MR) is 76.4 cm³/mol. The maximum absolute atomic E-state index is 13.0. The van der Waals surface area contributed by atoms with Crippen molar-refractivity contribution in [2.75, 3.05) is 0 Å². The molecule has 2 nitrogen and oxygen atoms in total. The SMILES string of the molecule is Cc1cccc(C(=O)NCc2ccc(F)c(F)c2)c1Br. The molecular weight excluding hydrogens is 328 g/mol. The third kappa shape index (κ3) is 3.22. The Morgan fingerprint density at radius 1 is 1.20 bits per heavy atom. The Labute approximate surface area is 123 Å². The van der Waals surface area contributed by atoms with Crippen LogP contribution in [0.15, 0.2) is 40.9 Å². The topological polar surface area (TPSA) is 29.1 Å². The van der Waals surface area contributed by atoms with Crippen molar-refractivity contribution in [2.24, 2.45) is 0 Å². The van der Waals surface area contributed by atoms with E-state index >= 15 is 0 Å². The fourth-order valence-electron chi connectivity index (χ4n) is 1.75. The highest BCUT2D eigenvalue weighted by Crippen LogP contribution is 2.21. The standard InChI is InChI=1S/C15H12BrF2NO/c1-9-3-2-4-11(14(9)16)15(20)19-8-10-5-6-12(17)13(18)7-10/h2-7H,8H2,1H3,(H,19,20). The average molecular weight is 340 g/mol. The van der Waals surface area contributed by atoms with E-state index in [1.54, 1.807) is 12.1 Å². The first-order chi connectivity index (χ1) is 9.49. The first kappa shape index (κ1) is 14.7. The monoisotopic (exact) mass is 339 g/mol. The van der Waals surface area contributed by atoms with Gasteiger partial charge in [0.25, 0.3) is 5.91 Å². The molecule has 1 amide bonds. The summed E-state index contributed by atoms with van der Waals surface area (Å²) in [6.07, 6.45) is 0. The Hall–Kier alpha value is -1.75. The van der Waals surface area contributed by atoms with Crippen LogP contribution in [-0.4, -0.2) is 5.91 Å². The Bertz CT molecular complexity index is 658. The molecule has 0 fully saturated rings. The summed E-state index contributed by atoms with van der Waals surface area (Å²) >= 11 is 3.36. The van der Waals surface area contributed by atoms with E-state index in [0.29, 0.717) is 11.1 Å². The second-order valence-electron chi connectivity index (χ2n) is 4.37. The van der Waals surface area contributed by atoms with Gasteiger partial charge in [0.15, 0.2) is 11.6 Å². The van der Waals surface area contributed by atoms with Crippen molar-refractivity contribution in [2.45, 2.75) is 13.5 Å². The van der Waals surface area contributed by atoms with Crippen LogP contribution in [0.5, 0.6) is 0 Å². The second kappa shape index (κ2) is 6.13. The minimum absolute atomic E-state index is 0.135. The molecule has 5 heteroatoms. The Morgan fingerprint density at radius 3 is 2.65 bits per heavy atom. The average Bonchev–Trinajstić information content (AvgIpc) is 2.43. The van der Waals surface area contributed by atoms with Gasteiger partial charge in [-0.15, -0.1) is 0 Å². The third-order valence-corrected chi connectivity index (χ3v) is 3.93. The lowest BCUT2D eigenvalue weighted by Crippen LogP contribution is -2.23. The number of aryl methyl sites for hydroxylation is 1. The summed E-state index contributed by atoms with van der Waals surface area (Å²) in [6.45, 7) is 2.02. The minimum atomic E-state index is -0.923. The number of carbonyl (C=O) groups excluding carboxylic acids is 1. The maximum atomic E-state index is 13.0. The lowest BCUT2D eigenvalue weighted by atomic mass is 10.1. The molecule has 0 radical (unpaired) electrons. The highest BCUT2D eigenvalue weighted by atomic mass is 79.9. The van der Waals surface area contributed by atoms with Gasteiger partial charge in [0, 0.05) is 11.0 Å². The van der Waals surface area contributed by atoms with Gasteiger partial charge in [0.05, 0.1) is 5.56 Å². The van der Waals surface area contributed by atoms with Gasteiger partial charge in [-0.25, -0.2) is 8.78 Å². The van der Waals surface area contributed by atoms with E-state index in [0.717, 1.165) is 22.2 Å². The molecule has 2 aromatic rings. The molecule has 0 atom stereocenters. The van der Waals surface area contributed by atoms with E-state index in [2.05, 4.69) is 21.2 Å². The fourth-order valence-corrected chi connectivity index (χ4v) is 2.19. The molecule has 0 aliphatic rings. The molecule has 2 rings (SSSR count). The number of amides is 1. The zero-order chi connectivity index (χ0) is 14.7. The molecule has 0 saturated heterocycles. The molecule has 0 aromatic heterocycles. The van der Waals surface area contributed by atoms with Crippen molar-refractivity contribution in [3.05, 3.63) is 69.2 Å². The van der Waals surface area contributed by atoms with Gasteiger partial charge in [-0.1, -0.05) is 18.2 Å². The van der Waals surface area contributed by atoms with E-state index in [9.17, 15) is 13.6 Å². The lowest BCUT2D eigenvalue weighted by molar-refractivity contribution is 0.0950. The fraction of sp³-hybridized carbons (Fsp3) is 0.133. The number of halogens is 3. The van der Waals surface area contributed by atoms with Gasteiger partial charge in [0.2, 0.25) is 0 Å². The van der Waals surface area contributed by atoms with Gasteiger partial charge in [-0.05, 0) is 52.2 Å². The largest absolute Gasteiger partial charge is 0.348 e. The third-order valence-electron chi connectivity index (χ3n) is 2.87. The molecule has 1 N–H and O–H groups in total. The van der Waals surface area contributed by atoms with E-state index < -0.39 is 11.6 Å². The predicted octanol–water partition coefficient (Wildman–Crippen LogP) is 3.97. The van der Waals surface area contributed by atoms with Crippen LogP contribution in [0.2, 0.25) is 0 Å². The maximum Gasteiger partial charge on any atom is 0.252 e. The highest BCUT2D eigenvalue weighted by molar-refractivity contribution is 9.10. The summed E-state index contributed by atoms with van der Waals surface area (Å²) in [5, 5.41) is 2.67. The van der Waals surface area contributed by atoms with Crippen molar-refractivity contribution in [1.82, 2.24) is 5.32 Å².